The Morgan fingerprint density at radius 3 is 2.81 bits per heavy atom. The summed E-state index contributed by atoms with van der Waals surface area (Å²) in [5.41, 5.74) is 5.81. The normalized spacial score (nSPS) is 11.4. The molecule has 2 heterocycles. The van der Waals surface area contributed by atoms with Crippen molar-refractivity contribution in [1.29, 1.82) is 0 Å². The minimum absolute atomic E-state index is 0.708. The van der Waals surface area contributed by atoms with Crippen LogP contribution in [0.4, 0.5) is 0 Å². The third-order valence-corrected chi connectivity index (χ3v) is 3.96. The van der Waals surface area contributed by atoms with Gasteiger partial charge < -0.3 is 9.30 Å². The first-order valence-corrected chi connectivity index (χ1v) is 7.13. The molecule has 0 radical (unpaired) electrons. The Bertz CT molecular complexity index is 757. The summed E-state index contributed by atoms with van der Waals surface area (Å²) in [5, 5.41) is 8.49. The van der Waals surface area contributed by atoms with E-state index in [4.69, 9.17) is 4.74 Å². The van der Waals surface area contributed by atoms with Gasteiger partial charge in [-0.3, -0.25) is 0 Å². The maximum atomic E-state index is 5.21. The average Bonchev–Trinajstić information content (AvgIpc) is 3.01. The Morgan fingerprint density at radius 2 is 2.00 bits per heavy atom. The molecule has 3 rings (SSSR count). The summed E-state index contributed by atoms with van der Waals surface area (Å²) in [7, 11) is 1.73. The van der Waals surface area contributed by atoms with E-state index in [0.29, 0.717) is 6.61 Å². The van der Waals surface area contributed by atoms with Crippen molar-refractivity contribution in [1.82, 2.24) is 19.6 Å². The molecule has 0 saturated carbocycles. The summed E-state index contributed by atoms with van der Waals surface area (Å²) in [4.78, 5) is 0. The standard InChI is InChI=1S/C16H20N4O/c1-12-10-14(19(13(12)2)8-9-21-3)11-20-16-7-5-4-6-15(16)17-18-20/h4-7,10H,8-9,11H2,1-3H3. The fourth-order valence-corrected chi connectivity index (χ4v) is 2.67. The lowest BCUT2D eigenvalue weighted by Gasteiger charge is -2.11. The Balaban J connectivity index is 1.96. The number of fused-ring (bicyclic) bond motifs is 1. The third-order valence-electron chi connectivity index (χ3n) is 3.96. The monoisotopic (exact) mass is 284 g/mol. The molecule has 0 saturated heterocycles. The molecule has 0 fully saturated rings. The van der Waals surface area contributed by atoms with Crippen molar-refractivity contribution >= 4 is 11.0 Å². The summed E-state index contributed by atoms with van der Waals surface area (Å²) in [6.07, 6.45) is 0. The molecule has 5 nitrogen and oxygen atoms in total. The van der Waals surface area contributed by atoms with Gasteiger partial charge in [-0.15, -0.1) is 5.10 Å². The second-order valence-electron chi connectivity index (χ2n) is 5.28. The van der Waals surface area contributed by atoms with E-state index in [1.54, 1.807) is 7.11 Å². The van der Waals surface area contributed by atoms with E-state index in [9.17, 15) is 0 Å². The highest BCUT2D eigenvalue weighted by Gasteiger charge is 2.11. The van der Waals surface area contributed by atoms with Gasteiger partial charge >= 0.3 is 0 Å². The van der Waals surface area contributed by atoms with Crippen LogP contribution in [-0.4, -0.2) is 33.3 Å². The Hall–Kier alpha value is -2.14. The van der Waals surface area contributed by atoms with Crippen LogP contribution in [-0.2, 0) is 17.8 Å². The van der Waals surface area contributed by atoms with Crippen molar-refractivity contribution in [3.05, 3.63) is 47.3 Å². The molecule has 1 aromatic carbocycles. The number of nitrogens with zero attached hydrogens (tertiary/aromatic N) is 4. The number of rotatable bonds is 5. The maximum absolute atomic E-state index is 5.21. The molecule has 0 bridgehead atoms. The second-order valence-corrected chi connectivity index (χ2v) is 5.28. The van der Waals surface area contributed by atoms with Crippen LogP contribution < -0.4 is 0 Å². The molecule has 0 spiro atoms. The zero-order valence-corrected chi connectivity index (χ0v) is 12.7. The van der Waals surface area contributed by atoms with Crippen LogP contribution in [0.5, 0.6) is 0 Å². The van der Waals surface area contributed by atoms with Gasteiger partial charge in [0.1, 0.15) is 5.52 Å². The first kappa shape index (κ1) is 13.8. The number of aromatic nitrogens is 4. The highest BCUT2D eigenvalue weighted by Crippen LogP contribution is 2.18. The molecule has 5 heteroatoms. The van der Waals surface area contributed by atoms with E-state index >= 15 is 0 Å². The van der Waals surface area contributed by atoms with E-state index < -0.39 is 0 Å². The lowest BCUT2D eigenvalue weighted by molar-refractivity contribution is 0.185. The summed E-state index contributed by atoms with van der Waals surface area (Å²) >= 11 is 0. The number of ether oxygens (including phenoxy) is 1. The number of aryl methyl sites for hydroxylation is 1. The molecule has 0 aliphatic heterocycles. The van der Waals surface area contributed by atoms with Gasteiger partial charge in [0.2, 0.25) is 0 Å². The summed E-state index contributed by atoms with van der Waals surface area (Å²) < 4.78 is 9.47. The first-order chi connectivity index (χ1) is 10.2. The van der Waals surface area contributed by atoms with Crippen LogP contribution in [0.1, 0.15) is 17.0 Å². The predicted octanol–water partition coefficient (Wildman–Crippen LogP) is 2.54. The zero-order chi connectivity index (χ0) is 14.8. The second kappa shape index (κ2) is 5.69. The van der Waals surface area contributed by atoms with Crippen LogP contribution in [0.15, 0.2) is 30.3 Å². The fraction of sp³-hybridized carbons (Fsp3) is 0.375. The molecule has 0 aliphatic carbocycles. The van der Waals surface area contributed by atoms with Crippen molar-refractivity contribution in [3.8, 4) is 0 Å². The van der Waals surface area contributed by atoms with Gasteiger partial charge in [0.05, 0.1) is 18.7 Å². The molecule has 0 unspecified atom stereocenters. The summed E-state index contributed by atoms with van der Waals surface area (Å²) in [6, 6.07) is 10.3. The lowest BCUT2D eigenvalue weighted by Crippen LogP contribution is -2.12. The minimum Gasteiger partial charge on any atom is -0.383 e. The molecule has 2 aromatic heterocycles. The van der Waals surface area contributed by atoms with Crippen LogP contribution in [0.2, 0.25) is 0 Å². The number of hydrogen-bond donors (Lipinski definition) is 0. The highest BCUT2D eigenvalue weighted by atomic mass is 16.5. The summed E-state index contributed by atoms with van der Waals surface area (Å²) in [5.74, 6) is 0. The summed E-state index contributed by atoms with van der Waals surface area (Å²) in [6.45, 7) is 6.58. The van der Waals surface area contributed by atoms with Gasteiger partial charge in [-0.05, 0) is 37.6 Å². The van der Waals surface area contributed by atoms with Crippen molar-refractivity contribution < 1.29 is 4.74 Å². The third kappa shape index (κ3) is 2.56. The number of benzene rings is 1. The van der Waals surface area contributed by atoms with Crippen molar-refractivity contribution in [2.24, 2.45) is 0 Å². The van der Waals surface area contributed by atoms with Crippen molar-refractivity contribution in [2.45, 2.75) is 26.9 Å². The van der Waals surface area contributed by atoms with E-state index in [1.165, 1.54) is 17.0 Å². The highest BCUT2D eigenvalue weighted by molar-refractivity contribution is 5.73. The fourth-order valence-electron chi connectivity index (χ4n) is 2.67. The maximum Gasteiger partial charge on any atom is 0.113 e. The Morgan fingerprint density at radius 1 is 1.19 bits per heavy atom. The van der Waals surface area contributed by atoms with Crippen LogP contribution in [0.25, 0.3) is 11.0 Å². The topological polar surface area (TPSA) is 44.9 Å². The minimum atomic E-state index is 0.708. The van der Waals surface area contributed by atoms with Crippen LogP contribution >= 0.6 is 0 Å². The smallest absolute Gasteiger partial charge is 0.113 e. The largest absolute Gasteiger partial charge is 0.383 e. The Kier molecular flexibility index (Phi) is 3.75. The van der Waals surface area contributed by atoms with E-state index in [2.05, 4.69) is 40.9 Å². The molecular formula is C16H20N4O. The number of methoxy groups -OCH3 is 1. The predicted molar refractivity (Wildman–Crippen MR) is 82.4 cm³/mol. The molecule has 21 heavy (non-hydrogen) atoms. The lowest BCUT2D eigenvalue weighted by atomic mass is 10.3. The average molecular weight is 284 g/mol. The molecule has 0 atom stereocenters. The van der Waals surface area contributed by atoms with Crippen molar-refractivity contribution in [3.63, 3.8) is 0 Å². The van der Waals surface area contributed by atoms with Crippen molar-refractivity contribution in [2.75, 3.05) is 13.7 Å². The van der Waals surface area contributed by atoms with E-state index in [0.717, 1.165) is 24.1 Å². The first-order valence-electron chi connectivity index (χ1n) is 7.13. The van der Waals surface area contributed by atoms with Crippen LogP contribution in [0.3, 0.4) is 0 Å². The van der Waals surface area contributed by atoms with Gasteiger partial charge in [-0.25, -0.2) is 4.68 Å². The molecule has 0 N–H and O–H groups in total. The molecular weight excluding hydrogens is 264 g/mol. The quantitative estimate of drug-likeness (QED) is 0.723. The van der Waals surface area contributed by atoms with Gasteiger partial charge in [0, 0.05) is 25.0 Å². The van der Waals surface area contributed by atoms with Crippen LogP contribution in [0, 0.1) is 13.8 Å². The van der Waals surface area contributed by atoms with Gasteiger partial charge in [0.25, 0.3) is 0 Å². The zero-order valence-electron chi connectivity index (χ0n) is 12.7. The number of para-hydroxylation sites is 1. The molecule has 0 amide bonds. The molecule has 3 aromatic rings. The van der Waals surface area contributed by atoms with Gasteiger partial charge in [0.15, 0.2) is 0 Å². The van der Waals surface area contributed by atoms with E-state index in [-0.39, 0.29) is 0 Å². The van der Waals surface area contributed by atoms with Gasteiger partial charge in [-0.1, -0.05) is 17.3 Å². The van der Waals surface area contributed by atoms with E-state index in [1.807, 2.05) is 22.9 Å². The number of hydrogen-bond acceptors (Lipinski definition) is 3. The molecule has 0 aliphatic rings. The van der Waals surface area contributed by atoms with Gasteiger partial charge in [-0.2, -0.15) is 0 Å². The Labute approximate surface area is 124 Å². The molecule has 110 valence electrons. The SMILES string of the molecule is COCCn1c(Cn2nnc3ccccc32)cc(C)c1C.